The molecule has 0 fully saturated rings. The van der Waals surface area contributed by atoms with E-state index >= 15 is 0 Å². The summed E-state index contributed by atoms with van der Waals surface area (Å²) < 4.78 is 5.69. The third-order valence-corrected chi connectivity index (χ3v) is 4.76. The highest BCUT2D eigenvalue weighted by Gasteiger charge is 2.10. The van der Waals surface area contributed by atoms with Crippen LogP contribution in [0.4, 0.5) is 0 Å². The summed E-state index contributed by atoms with van der Waals surface area (Å²) in [5, 5.41) is 20.1. The van der Waals surface area contributed by atoms with E-state index in [1.165, 1.54) is 0 Å². The van der Waals surface area contributed by atoms with Crippen LogP contribution in [0.2, 0.25) is 0 Å². The summed E-state index contributed by atoms with van der Waals surface area (Å²) in [6.07, 6.45) is 0.385. The molecule has 0 amide bonds. The Hall–Kier alpha value is -2.12. The van der Waals surface area contributed by atoms with Crippen LogP contribution < -0.4 is 15.4 Å². The van der Waals surface area contributed by atoms with Crippen molar-refractivity contribution in [1.29, 1.82) is 0 Å². The molecule has 0 spiro atoms. The Balaban J connectivity index is 1.94. The van der Waals surface area contributed by atoms with Gasteiger partial charge in [-0.3, -0.25) is 0 Å². The highest BCUT2D eigenvalue weighted by molar-refractivity contribution is 7.09. The SMILES string of the molecule is CCNC(=NCc1csc(CC)n1)NCC(O)c1cccc(OC(C)C)c1. The minimum absolute atomic E-state index is 0.0990. The zero-order chi connectivity index (χ0) is 19.6. The van der Waals surface area contributed by atoms with Gasteiger partial charge in [0.25, 0.3) is 0 Å². The van der Waals surface area contributed by atoms with Crippen molar-refractivity contribution in [3.8, 4) is 5.75 Å². The molecule has 1 atom stereocenters. The maximum Gasteiger partial charge on any atom is 0.191 e. The van der Waals surface area contributed by atoms with Crippen LogP contribution in [-0.2, 0) is 13.0 Å². The number of nitrogens with zero attached hydrogens (tertiary/aromatic N) is 2. The first-order chi connectivity index (χ1) is 13.0. The molecule has 7 heteroatoms. The van der Waals surface area contributed by atoms with Crippen molar-refractivity contribution in [2.75, 3.05) is 13.1 Å². The monoisotopic (exact) mass is 390 g/mol. The fourth-order valence-corrected chi connectivity index (χ4v) is 3.20. The molecule has 1 unspecified atom stereocenters. The Morgan fingerprint density at radius 3 is 2.78 bits per heavy atom. The van der Waals surface area contributed by atoms with Gasteiger partial charge in [0.1, 0.15) is 5.75 Å². The number of benzene rings is 1. The van der Waals surface area contributed by atoms with Crippen LogP contribution >= 0.6 is 11.3 Å². The quantitative estimate of drug-likeness (QED) is 0.452. The molecule has 0 aliphatic heterocycles. The van der Waals surface area contributed by atoms with Gasteiger partial charge in [-0.15, -0.1) is 11.3 Å². The number of aliphatic hydroxyl groups is 1. The normalized spacial score (nSPS) is 12.9. The molecule has 27 heavy (non-hydrogen) atoms. The fourth-order valence-electron chi connectivity index (χ4n) is 2.46. The molecule has 6 nitrogen and oxygen atoms in total. The summed E-state index contributed by atoms with van der Waals surface area (Å²) in [6, 6.07) is 7.56. The standard InChI is InChI=1S/C20H30N4O2S/c1-5-19-24-16(13-27-19)11-22-20(21-6-2)23-12-18(25)15-8-7-9-17(10-15)26-14(3)4/h7-10,13-14,18,25H,5-6,11-12H2,1-4H3,(H2,21,22,23). The molecule has 3 N–H and O–H groups in total. The van der Waals surface area contributed by atoms with Crippen molar-refractivity contribution in [3.05, 3.63) is 45.9 Å². The molecule has 148 valence electrons. The molecule has 2 aromatic rings. The van der Waals surface area contributed by atoms with E-state index in [9.17, 15) is 5.11 Å². The van der Waals surface area contributed by atoms with Crippen molar-refractivity contribution < 1.29 is 9.84 Å². The molecule has 0 radical (unpaired) electrons. The maximum atomic E-state index is 10.5. The number of aliphatic imine (C=N–C) groups is 1. The van der Waals surface area contributed by atoms with Crippen LogP contribution in [0.15, 0.2) is 34.6 Å². The van der Waals surface area contributed by atoms with Crippen LogP contribution in [0.5, 0.6) is 5.75 Å². The zero-order valence-corrected chi connectivity index (χ0v) is 17.3. The van der Waals surface area contributed by atoms with E-state index in [1.807, 2.05) is 50.4 Å². The lowest BCUT2D eigenvalue weighted by atomic mass is 10.1. The molecule has 2 rings (SSSR count). The number of aliphatic hydroxyl groups excluding tert-OH is 1. The minimum Gasteiger partial charge on any atom is -0.491 e. The van der Waals surface area contributed by atoms with Crippen molar-refractivity contribution >= 4 is 17.3 Å². The lowest BCUT2D eigenvalue weighted by Gasteiger charge is -2.17. The van der Waals surface area contributed by atoms with Crippen molar-refractivity contribution in [3.63, 3.8) is 0 Å². The van der Waals surface area contributed by atoms with Gasteiger partial charge in [0.2, 0.25) is 0 Å². The zero-order valence-electron chi connectivity index (χ0n) is 16.5. The predicted molar refractivity (Wildman–Crippen MR) is 111 cm³/mol. The number of aryl methyl sites for hydroxylation is 1. The summed E-state index contributed by atoms with van der Waals surface area (Å²) in [5.41, 5.74) is 1.77. The highest BCUT2D eigenvalue weighted by Crippen LogP contribution is 2.20. The molecular weight excluding hydrogens is 360 g/mol. The van der Waals surface area contributed by atoms with E-state index in [1.54, 1.807) is 11.3 Å². The molecule has 1 aromatic carbocycles. The maximum absolute atomic E-state index is 10.5. The number of nitrogens with one attached hydrogen (secondary N) is 2. The first kappa shape index (κ1) is 21.2. The lowest BCUT2D eigenvalue weighted by Crippen LogP contribution is -2.39. The smallest absolute Gasteiger partial charge is 0.191 e. The molecule has 0 bridgehead atoms. The second-order valence-electron chi connectivity index (χ2n) is 6.42. The van der Waals surface area contributed by atoms with E-state index in [0.29, 0.717) is 19.0 Å². The Morgan fingerprint density at radius 2 is 2.11 bits per heavy atom. The number of thiazole rings is 1. The topological polar surface area (TPSA) is 78.8 Å². The molecular formula is C20H30N4O2S. The van der Waals surface area contributed by atoms with Crippen LogP contribution in [0.25, 0.3) is 0 Å². The van der Waals surface area contributed by atoms with Crippen LogP contribution in [0.1, 0.15) is 50.1 Å². The van der Waals surface area contributed by atoms with Crippen molar-refractivity contribution in [1.82, 2.24) is 15.6 Å². The van der Waals surface area contributed by atoms with Gasteiger partial charge >= 0.3 is 0 Å². The number of guanidine groups is 1. The Bertz CT molecular complexity index is 730. The fraction of sp³-hybridized carbons (Fsp3) is 0.500. The Labute approximate surface area is 165 Å². The Morgan fingerprint density at radius 1 is 1.30 bits per heavy atom. The molecule has 0 aliphatic carbocycles. The number of ether oxygens (including phenoxy) is 1. The van der Waals surface area contributed by atoms with Gasteiger partial charge in [0.05, 0.1) is 29.5 Å². The summed E-state index contributed by atoms with van der Waals surface area (Å²) in [7, 11) is 0. The molecule has 1 aromatic heterocycles. The van der Waals surface area contributed by atoms with Gasteiger partial charge in [0, 0.05) is 18.5 Å². The second kappa shape index (κ2) is 10.9. The summed E-state index contributed by atoms with van der Waals surface area (Å²) in [6.45, 7) is 9.69. The van der Waals surface area contributed by atoms with E-state index in [0.717, 1.165) is 35.0 Å². The van der Waals surface area contributed by atoms with E-state index in [4.69, 9.17) is 4.74 Å². The number of rotatable bonds is 9. The Kier molecular flexibility index (Phi) is 8.54. The summed E-state index contributed by atoms with van der Waals surface area (Å²) in [4.78, 5) is 9.09. The molecule has 1 heterocycles. The average molecular weight is 391 g/mol. The van der Waals surface area contributed by atoms with E-state index < -0.39 is 6.10 Å². The average Bonchev–Trinajstić information content (AvgIpc) is 3.11. The van der Waals surface area contributed by atoms with E-state index in [-0.39, 0.29) is 6.10 Å². The molecule has 0 aliphatic rings. The number of aromatic nitrogens is 1. The first-order valence-corrected chi connectivity index (χ1v) is 10.3. The summed E-state index contributed by atoms with van der Waals surface area (Å²) >= 11 is 1.66. The largest absolute Gasteiger partial charge is 0.491 e. The van der Waals surface area contributed by atoms with Gasteiger partial charge < -0.3 is 20.5 Å². The van der Waals surface area contributed by atoms with Gasteiger partial charge in [0.15, 0.2) is 5.96 Å². The highest BCUT2D eigenvalue weighted by atomic mass is 32.1. The molecule has 0 saturated carbocycles. The molecule has 0 saturated heterocycles. The lowest BCUT2D eigenvalue weighted by molar-refractivity contribution is 0.179. The van der Waals surface area contributed by atoms with Crippen molar-refractivity contribution in [2.45, 2.75) is 52.9 Å². The first-order valence-electron chi connectivity index (χ1n) is 9.41. The van der Waals surface area contributed by atoms with E-state index in [2.05, 4.69) is 27.5 Å². The van der Waals surface area contributed by atoms with Gasteiger partial charge in [-0.05, 0) is 44.9 Å². The van der Waals surface area contributed by atoms with Gasteiger partial charge in [-0.1, -0.05) is 19.1 Å². The van der Waals surface area contributed by atoms with Gasteiger partial charge in [-0.25, -0.2) is 9.98 Å². The van der Waals surface area contributed by atoms with Crippen molar-refractivity contribution in [2.24, 2.45) is 4.99 Å². The third-order valence-electron chi connectivity index (χ3n) is 3.72. The van der Waals surface area contributed by atoms with Crippen LogP contribution in [-0.4, -0.2) is 35.2 Å². The number of hydrogen-bond donors (Lipinski definition) is 3. The number of hydrogen-bond acceptors (Lipinski definition) is 5. The van der Waals surface area contributed by atoms with Crippen LogP contribution in [0, 0.1) is 0 Å². The summed E-state index contributed by atoms with van der Waals surface area (Å²) in [5.74, 6) is 1.43. The van der Waals surface area contributed by atoms with Gasteiger partial charge in [-0.2, -0.15) is 0 Å². The third kappa shape index (κ3) is 7.19. The second-order valence-corrected chi connectivity index (χ2v) is 7.36. The minimum atomic E-state index is -0.657. The van der Waals surface area contributed by atoms with Crippen LogP contribution in [0.3, 0.4) is 0 Å². The predicted octanol–water partition coefficient (Wildman–Crippen LogP) is 3.28.